The Kier molecular flexibility index (Phi) is 6.02. The second-order valence-corrected chi connectivity index (χ2v) is 8.63. The summed E-state index contributed by atoms with van der Waals surface area (Å²) in [5.41, 5.74) is 4.65. The van der Waals surface area contributed by atoms with Gasteiger partial charge in [0.25, 0.3) is 11.8 Å². The number of pyridine rings is 1. The predicted octanol–water partition coefficient (Wildman–Crippen LogP) is 4.01. The first kappa shape index (κ1) is 24.2. The average molecular weight is 483 g/mol. The molecule has 10 heteroatoms. The van der Waals surface area contributed by atoms with E-state index < -0.39 is 29.8 Å². The Morgan fingerprint density at radius 1 is 1.14 bits per heavy atom. The lowest BCUT2D eigenvalue weighted by Crippen LogP contribution is -2.50. The number of halogens is 3. The molecule has 4 aromatic rings. The number of fused-ring (bicyclic) bond motifs is 1. The fourth-order valence-electron chi connectivity index (χ4n) is 3.78. The summed E-state index contributed by atoms with van der Waals surface area (Å²) >= 11 is 0. The zero-order chi connectivity index (χ0) is 25.5. The second kappa shape index (κ2) is 8.70. The Morgan fingerprint density at radius 2 is 1.83 bits per heavy atom. The number of anilines is 1. The Labute approximate surface area is 199 Å². The summed E-state index contributed by atoms with van der Waals surface area (Å²) in [6.07, 6.45) is 1.54. The molecule has 1 amide bonds. The van der Waals surface area contributed by atoms with Crippen molar-refractivity contribution in [3.63, 3.8) is 0 Å². The van der Waals surface area contributed by atoms with Crippen molar-refractivity contribution in [3.8, 4) is 11.1 Å². The number of benzene rings is 2. The SMILES string of the molecule is Cc1ccc([C@](C)(O)C(F)(F)CNC(=O)c2c(C)ccc(-c3ccn4nc(N)nc4c3)c2F)cc1. The van der Waals surface area contributed by atoms with Crippen LogP contribution >= 0.6 is 0 Å². The van der Waals surface area contributed by atoms with Crippen LogP contribution in [0.15, 0.2) is 54.7 Å². The van der Waals surface area contributed by atoms with E-state index in [1.165, 1.54) is 35.7 Å². The fourth-order valence-corrected chi connectivity index (χ4v) is 3.78. The van der Waals surface area contributed by atoms with Gasteiger partial charge in [-0.05, 0) is 49.6 Å². The fraction of sp³-hybridized carbons (Fsp3) is 0.240. The van der Waals surface area contributed by atoms with E-state index in [0.29, 0.717) is 11.2 Å². The van der Waals surface area contributed by atoms with Gasteiger partial charge < -0.3 is 16.2 Å². The maximum absolute atomic E-state index is 15.5. The highest BCUT2D eigenvalue weighted by atomic mass is 19.3. The molecule has 0 aliphatic carbocycles. The third-order valence-corrected chi connectivity index (χ3v) is 6.04. The Hall–Kier alpha value is -3.92. The quantitative estimate of drug-likeness (QED) is 0.384. The molecule has 0 aliphatic heterocycles. The zero-order valence-corrected chi connectivity index (χ0v) is 19.3. The number of carbonyl (C=O) groups excluding carboxylic acids is 1. The highest BCUT2D eigenvalue weighted by molar-refractivity contribution is 5.97. The minimum absolute atomic E-state index is 0.00350. The van der Waals surface area contributed by atoms with Crippen molar-refractivity contribution < 1.29 is 23.1 Å². The number of carbonyl (C=O) groups is 1. The molecule has 2 aromatic carbocycles. The number of hydrogen-bond donors (Lipinski definition) is 3. The molecule has 0 saturated carbocycles. The molecule has 2 heterocycles. The number of nitrogens with zero attached hydrogens (tertiary/aromatic N) is 3. The Balaban J connectivity index is 1.60. The normalized spacial score (nSPS) is 13.6. The summed E-state index contributed by atoms with van der Waals surface area (Å²) < 4.78 is 46.8. The van der Waals surface area contributed by atoms with Crippen LogP contribution in [-0.4, -0.2) is 38.1 Å². The number of nitrogen functional groups attached to an aromatic ring is 1. The molecular formula is C25H24F3N5O2. The minimum atomic E-state index is -3.74. The molecule has 7 nitrogen and oxygen atoms in total. The molecule has 4 N–H and O–H groups in total. The molecule has 35 heavy (non-hydrogen) atoms. The predicted molar refractivity (Wildman–Crippen MR) is 126 cm³/mol. The van der Waals surface area contributed by atoms with Gasteiger partial charge in [-0.25, -0.2) is 17.7 Å². The van der Waals surface area contributed by atoms with Crippen molar-refractivity contribution in [1.29, 1.82) is 0 Å². The number of rotatable bonds is 6. The topological polar surface area (TPSA) is 106 Å². The van der Waals surface area contributed by atoms with Crippen LogP contribution in [0.25, 0.3) is 16.8 Å². The van der Waals surface area contributed by atoms with Gasteiger partial charge in [-0.1, -0.05) is 42.0 Å². The molecule has 182 valence electrons. The van der Waals surface area contributed by atoms with Crippen LogP contribution in [0.2, 0.25) is 0 Å². The number of nitrogens with two attached hydrogens (primary N) is 1. The maximum Gasteiger partial charge on any atom is 0.296 e. The standard InChI is InChI=1S/C25H24F3N5O2/c1-14-4-7-17(8-5-14)24(3,35)25(27,28)13-30-22(34)20-15(2)6-9-18(21(20)26)16-10-11-33-19(12-16)31-23(29)32-33/h4-12,35H,13H2,1-3H3,(H2,29,32)(H,30,34)/t24-/m0/s1. The molecule has 1 atom stereocenters. The smallest absolute Gasteiger partial charge is 0.296 e. The number of alkyl halides is 2. The van der Waals surface area contributed by atoms with E-state index in [4.69, 9.17) is 5.73 Å². The van der Waals surface area contributed by atoms with Gasteiger partial charge in [-0.15, -0.1) is 5.10 Å². The van der Waals surface area contributed by atoms with E-state index >= 15 is 4.39 Å². The molecule has 0 radical (unpaired) electrons. The van der Waals surface area contributed by atoms with Crippen LogP contribution in [0.5, 0.6) is 0 Å². The maximum atomic E-state index is 15.5. The monoisotopic (exact) mass is 483 g/mol. The van der Waals surface area contributed by atoms with Crippen molar-refractivity contribution in [2.24, 2.45) is 0 Å². The second-order valence-electron chi connectivity index (χ2n) is 8.63. The Morgan fingerprint density at radius 3 is 2.51 bits per heavy atom. The minimum Gasteiger partial charge on any atom is -0.379 e. The molecule has 0 spiro atoms. The third kappa shape index (κ3) is 4.44. The first-order valence-electron chi connectivity index (χ1n) is 10.8. The summed E-state index contributed by atoms with van der Waals surface area (Å²) in [7, 11) is 0. The third-order valence-electron chi connectivity index (χ3n) is 6.04. The van der Waals surface area contributed by atoms with Gasteiger partial charge in [0.1, 0.15) is 5.82 Å². The van der Waals surface area contributed by atoms with Crippen LogP contribution in [0.4, 0.5) is 19.1 Å². The van der Waals surface area contributed by atoms with Gasteiger partial charge >= 0.3 is 0 Å². The van der Waals surface area contributed by atoms with Gasteiger partial charge in [-0.2, -0.15) is 4.98 Å². The summed E-state index contributed by atoms with van der Waals surface area (Å²) in [5, 5.41) is 16.6. The van der Waals surface area contributed by atoms with Crippen LogP contribution in [0, 0.1) is 19.7 Å². The molecule has 0 unspecified atom stereocenters. The number of nitrogens with one attached hydrogen (secondary N) is 1. The summed E-state index contributed by atoms with van der Waals surface area (Å²) in [6, 6.07) is 12.1. The van der Waals surface area contributed by atoms with Crippen LogP contribution < -0.4 is 11.1 Å². The molecule has 0 fully saturated rings. The molecule has 0 bridgehead atoms. The van der Waals surface area contributed by atoms with Crippen molar-refractivity contribution >= 4 is 17.5 Å². The van der Waals surface area contributed by atoms with E-state index in [-0.39, 0.29) is 28.2 Å². The number of aliphatic hydroxyl groups is 1. The Bertz CT molecular complexity index is 1410. The van der Waals surface area contributed by atoms with E-state index in [1.54, 1.807) is 37.4 Å². The van der Waals surface area contributed by atoms with E-state index in [0.717, 1.165) is 12.5 Å². The van der Waals surface area contributed by atoms with E-state index in [2.05, 4.69) is 15.4 Å². The molecule has 0 saturated heterocycles. The lowest BCUT2D eigenvalue weighted by atomic mass is 9.88. The molecular weight excluding hydrogens is 459 g/mol. The van der Waals surface area contributed by atoms with Gasteiger partial charge in [0.2, 0.25) is 5.95 Å². The summed E-state index contributed by atoms with van der Waals surface area (Å²) in [4.78, 5) is 16.9. The van der Waals surface area contributed by atoms with Crippen molar-refractivity contribution in [1.82, 2.24) is 19.9 Å². The van der Waals surface area contributed by atoms with Crippen molar-refractivity contribution in [2.45, 2.75) is 32.3 Å². The number of aromatic nitrogens is 3. The van der Waals surface area contributed by atoms with E-state index in [1.807, 2.05) is 0 Å². The first-order chi connectivity index (χ1) is 16.4. The largest absolute Gasteiger partial charge is 0.379 e. The average Bonchev–Trinajstić information content (AvgIpc) is 3.17. The number of aryl methyl sites for hydroxylation is 2. The van der Waals surface area contributed by atoms with Crippen LogP contribution in [0.1, 0.15) is 34.0 Å². The molecule has 0 aliphatic rings. The highest BCUT2D eigenvalue weighted by Gasteiger charge is 2.50. The number of hydrogen-bond acceptors (Lipinski definition) is 5. The lowest BCUT2D eigenvalue weighted by Gasteiger charge is -2.33. The first-order valence-corrected chi connectivity index (χ1v) is 10.8. The summed E-state index contributed by atoms with van der Waals surface area (Å²) in [5.74, 6) is -5.57. The van der Waals surface area contributed by atoms with Crippen LogP contribution in [-0.2, 0) is 5.60 Å². The number of amides is 1. The molecule has 2 aromatic heterocycles. The summed E-state index contributed by atoms with van der Waals surface area (Å²) in [6.45, 7) is 3.08. The van der Waals surface area contributed by atoms with Gasteiger partial charge in [0, 0.05) is 11.8 Å². The lowest BCUT2D eigenvalue weighted by molar-refractivity contribution is -0.173. The highest BCUT2D eigenvalue weighted by Crippen LogP contribution is 2.37. The van der Waals surface area contributed by atoms with Gasteiger partial charge in [0.05, 0.1) is 12.1 Å². The van der Waals surface area contributed by atoms with Crippen molar-refractivity contribution in [3.05, 3.63) is 82.8 Å². The van der Waals surface area contributed by atoms with Crippen molar-refractivity contribution in [2.75, 3.05) is 12.3 Å². The van der Waals surface area contributed by atoms with Crippen LogP contribution in [0.3, 0.4) is 0 Å². The zero-order valence-electron chi connectivity index (χ0n) is 19.3. The van der Waals surface area contributed by atoms with E-state index in [9.17, 15) is 18.7 Å². The van der Waals surface area contributed by atoms with Gasteiger partial charge in [0.15, 0.2) is 11.2 Å². The van der Waals surface area contributed by atoms with Gasteiger partial charge in [-0.3, -0.25) is 4.79 Å². The molecule has 4 rings (SSSR count).